The Bertz CT molecular complexity index is 584. The summed E-state index contributed by atoms with van der Waals surface area (Å²) in [5.41, 5.74) is 1.10. The number of hydrogen-bond acceptors (Lipinski definition) is 5. The molecule has 0 aromatic heterocycles. The lowest BCUT2D eigenvalue weighted by Gasteiger charge is -2.22. The van der Waals surface area contributed by atoms with Gasteiger partial charge >= 0.3 is 0 Å². The molecule has 0 bridgehead atoms. The van der Waals surface area contributed by atoms with Gasteiger partial charge < -0.3 is 25.7 Å². The lowest BCUT2D eigenvalue weighted by Crippen LogP contribution is -2.38. The topological polar surface area (TPSA) is 93.0 Å². The highest BCUT2D eigenvalue weighted by Crippen LogP contribution is 2.22. The lowest BCUT2D eigenvalue weighted by molar-refractivity contribution is -0.165. The van der Waals surface area contributed by atoms with Gasteiger partial charge in [-0.15, -0.1) is 0 Å². The number of benzene rings is 2. The van der Waals surface area contributed by atoms with Crippen molar-refractivity contribution >= 4 is 0 Å². The van der Waals surface area contributed by atoms with Gasteiger partial charge in [-0.05, 0) is 24.6 Å². The molecule has 5 nitrogen and oxygen atoms in total. The summed E-state index contributed by atoms with van der Waals surface area (Å²) < 4.78 is 0. The Morgan fingerprint density at radius 2 is 1.67 bits per heavy atom. The highest BCUT2D eigenvalue weighted by atomic mass is 16.5. The molecule has 0 saturated carbocycles. The molecular formula is C16H19NO4. The van der Waals surface area contributed by atoms with Crippen LogP contribution >= 0.6 is 0 Å². The summed E-state index contributed by atoms with van der Waals surface area (Å²) >= 11 is 0. The average Bonchev–Trinajstić information content (AvgIpc) is 2.46. The Kier molecular flexibility index (Phi) is 4.80. The molecule has 0 aliphatic rings. The molecule has 0 amide bonds. The van der Waals surface area contributed by atoms with Crippen LogP contribution in [0.15, 0.2) is 48.5 Å². The molecule has 5 N–H and O–H groups in total. The van der Waals surface area contributed by atoms with Gasteiger partial charge in [-0.2, -0.15) is 0 Å². The zero-order chi connectivity index (χ0) is 15.3. The Morgan fingerprint density at radius 3 is 2.33 bits per heavy atom. The first-order chi connectivity index (χ1) is 9.99. The molecule has 0 unspecified atom stereocenters. The second-order valence-electron chi connectivity index (χ2n) is 4.92. The van der Waals surface area contributed by atoms with Crippen LogP contribution in [0.2, 0.25) is 0 Å². The van der Waals surface area contributed by atoms with Crippen LogP contribution in [0.1, 0.15) is 11.1 Å². The third kappa shape index (κ3) is 4.19. The minimum absolute atomic E-state index is 0.0121. The fourth-order valence-electron chi connectivity index (χ4n) is 2.06. The number of hydrogen-bond donors (Lipinski definition) is 5. The lowest BCUT2D eigenvalue weighted by atomic mass is 10.1. The highest BCUT2D eigenvalue weighted by Gasteiger charge is 2.24. The van der Waals surface area contributed by atoms with E-state index in [1.807, 2.05) is 0 Å². The van der Waals surface area contributed by atoms with Gasteiger partial charge in [0.1, 0.15) is 11.5 Å². The van der Waals surface area contributed by atoms with Crippen molar-refractivity contribution in [2.24, 2.45) is 0 Å². The van der Waals surface area contributed by atoms with E-state index in [-0.39, 0.29) is 18.0 Å². The third-order valence-corrected chi connectivity index (χ3v) is 3.25. The summed E-state index contributed by atoms with van der Waals surface area (Å²) in [4.78, 5) is 0. The molecule has 0 heterocycles. The van der Waals surface area contributed by atoms with Crippen molar-refractivity contribution in [1.29, 1.82) is 0 Å². The monoisotopic (exact) mass is 289 g/mol. The van der Waals surface area contributed by atoms with Gasteiger partial charge in [-0.1, -0.05) is 36.4 Å². The third-order valence-electron chi connectivity index (χ3n) is 3.25. The van der Waals surface area contributed by atoms with Crippen molar-refractivity contribution in [2.45, 2.75) is 12.2 Å². The van der Waals surface area contributed by atoms with E-state index in [9.17, 15) is 20.4 Å². The van der Waals surface area contributed by atoms with E-state index < -0.39 is 5.79 Å². The van der Waals surface area contributed by atoms with E-state index in [1.54, 1.807) is 36.4 Å². The Balaban J connectivity index is 1.84. The molecule has 2 aromatic carbocycles. The number of aliphatic hydroxyl groups is 2. The maximum absolute atomic E-state index is 9.98. The highest BCUT2D eigenvalue weighted by molar-refractivity contribution is 5.39. The van der Waals surface area contributed by atoms with Crippen LogP contribution in [0.4, 0.5) is 0 Å². The number of phenols is 2. The van der Waals surface area contributed by atoms with Crippen LogP contribution in [0, 0.1) is 0 Å². The fourth-order valence-corrected chi connectivity index (χ4v) is 2.06. The molecule has 0 aliphatic heterocycles. The fraction of sp³-hybridized carbons (Fsp3) is 0.250. The number of rotatable bonds is 6. The molecule has 2 rings (SSSR count). The Morgan fingerprint density at radius 1 is 0.952 bits per heavy atom. The summed E-state index contributed by atoms with van der Waals surface area (Å²) in [6.45, 7) is 0.448. The van der Waals surface area contributed by atoms with Gasteiger partial charge in [-0.25, -0.2) is 0 Å². The zero-order valence-electron chi connectivity index (χ0n) is 11.5. The van der Waals surface area contributed by atoms with Crippen molar-refractivity contribution in [3.05, 3.63) is 59.7 Å². The summed E-state index contributed by atoms with van der Waals surface area (Å²) in [5, 5.41) is 41.8. The van der Waals surface area contributed by atoms with Crippen molar-refractivity contribution < 1.29 is 20.4 Å². The van der Waals surface area contributed by atoms with Crippen LogP contribution < -0.4 is 5.32 Å². The van der Waals surface area contributed by atoms with Crippen molar-refractivity contribution in [3.8, 4) is 11.5 Å². The SMILES string of the molecule is Oc1ccc(CCNCC(O)(O)c2ccccc2)c(O)c1. The average molecular weight is 289 g/mol. The minimum atomic E-state index is -1.93. The smallest absolute Gasteiger partial charge is 0.202 e. The van der Waals surface area contributed by atoms with E-state index in [1.165, 1.54) is 12.1 Å². The van der Waals surface area contributed by atoms with Crippen LogP contribution in [0.3, 0.4) is 0 Å². The molecule has 0 radical (unpaired) electrons. The van der Waals surface area contributed by atoms with Crippen LogP contribution in [0.25, 0.3) is 0 Å². The summed E-state index contributed by atoms with van der Waals surface area (Å²) in [5.74, 6) is -1.89. The van der Waals surface area contributed by atoms with Crippen LogP contribution in [-0.4, -0.2) is 33.5 Å². The van der Waals surface area contributed by atoms with Crippen molar-refractivity contribution in [3.63, 3.8) is 0 Å². The maximum atomic E-state index is 9.98. The summed E-state index contributed by atoms with van der Waals surface area (Å²) in [6.07, 6.45) is 0.511. The second-order valence-corrected chi connectivity index (χ2v) is 4.92. The first-order valence-electron chi connectivity index (χ1n) is 6.71. The molecule has 21 heavy (non-hydrogen) atoms. The predicted octanol–water partition coefficient (Wildman–Crippen LogP) is 1.07. The van der Waals surface area contributed by atoms with E-state index >= 15 is 0 Å². The van der Waals surface area contributed by atoms with Crippen molar-refractivity contribution in [2.75, 3.05) is 13.1 Å². The van der Waals surface area contributed by atoms with Gasteiger partial charge in [0.15, 0.2) is 0 Å². The maximum Gasteiger partial charge on any atom is 0.202 e. The normalized spacial score (nSPS) is 11.5. The van der Waals surface area contributed by atoms with E-state index in [0.717, 1.165) is 0 Å². The molecule has 0 atom stereocenters. The molecule has 112 valence electrons. The Hall–Kier alpha value is -2.08. The number of nitrogens with one attached hydrogen (secondary N) is 1. The largest absolute Gasteiger partial charge is 0.508 e. The predicted molar refractivity (Wildman–Crippen MR) is 78.9 cm³/mol. The molecule has 5 heteroatoms. The van der Waals surface area contributed by atoms with Gasteiger partial charge in [0.25, 0.3) is 0 Å². The first kappa shape index (κ1) is 15.3. The summed E-state index contributed by atoms with van der Waals surface area (Å²) in [6, 6.07) is 13.0. The summed E-state index contributed by atoms with van der Waals surface area (Å²) in [7, 11) is 0. The molecule has 0 saturated heterocycles. The molecule has 0 fully saturated rings. The van der Waals surface area contributed by atoms with E-state index in [0.29, 0.717) is 24.1 Å². The van der Waals surface area contributed by atoms with E-state index in [4.69, 9.17) is 0 Å². The standard InChI is InChI=1S/C16H19NO4/c18-14-7-6-12(15(19)10-14)8-9-17-11-16(20,21)13-4-2-1-3-5-13/h1-7,10,17-21H,8-9,11H2. The van der Waals surface area contributed by atoms with Crippen molar-refractivity contribution in [1.82, 2.24) is 5.32 Å². The van der Waals surface area contributed by atoms with Gasteiger partial charge in [0, 0.05) is 11.6 Å². The van der Waals surface area contributed by atoms with E-state index in [2.05, 4.69) is 5.32 Å². The van der Waals surface area contributed by atoms with Gasteiger partial charge in [-0.3, -0.25) is 0 Å². The van der Waals surface area contributed by atoms with Crippen LogP contribution in [-0.2, 0) is 12.2 Å². The zero-order valence-corrected chi connectivity index (χ0v) is 11.5. The Labute approximate surface area is 123 Å². The second kappa shape index (κ2) is 6.58. The number of aromatic hydroxyl groups is 2. The molecular weight excluding hydrogens is 270 g/mol. The quantitative estimate of drug-likeness (QED) is 0.405. The van der Waals surface area contributed by atoms with Crippen LogP contribution in [0.5, 0.6) is 11.5 Å². The minimum Gasteiger partial charge on any atom is -0.508 e. The van der Waals surface area contributed by atoms with Gasteiger partial charge in [0.2, 0.25) is 5.79 Å². The first-order valence-corrected chi connectivity index (χ1v) is 6.71. The number of phenolic OH excluding ortho intramolecular Hbond substituents is 2. The van der Waals surface area contributed by atoms with Gasteiger partial charge in [0.05, 0.1) is 6.54 Å². The molecule has 0 aliphatic carbocycles. The molecule has 0 spiro atoms. The molecule has 2 aromatic rings.